The number of amides is 1. The van der Waals surface area contributed by atoms with E-state index in [1.807, 2.05) is 20.8 Å². The average molecular weight is 302 g/mol. The van der Waals surface area contributed by atoms with Crippen LogP contribution in [0.1, 0.15) is 44.7 Å². The molecule has 0 aliphatic rings. The summed E-state index contributed by atoms with van der Waals surface area (Å²) in [5.41, 5.74) is 2.20. The van der Waals surface area contributed by atoms with Gasteiger partial charge in [0.25, 0.3) is 5.91 Å². The number of nitrogens with one attached hydrogen (secondary N) is 1. The molecule has 6 nitrogen and oxygen atoms in total. The first-order chi connectivity index (χ1) is 10.4. The topological polar surface area (TPSA) is 92.4 Å². The minimum absolute atomic E-state index is 0.0889. The molecule has 1 heterocycles. The lowest BCUT2D eigenvalue weighted by Gasteiger charge is -2.14. The normalized spacial score (nSPS) is 12.0. The van der Waals surface area contributed by atoms with Crippen LogP contribution in [0, 0.1) is 13.8 Å². The molecular formula is C16H18N2O4. The first kappa shape index (κ1) is 15.8. The lowest BCUT2D eigenvalue weighted by molar-refractivity contribution is 0.0697. The van der Waals surface area contributed by atoms with Gasteiger partial charge < -0.3 is 14.9 Å². The van der Waals surface area contributed by atoms with Crippen LogP contribution in [0.3, 0.4) is 0 Å². The van der Waals surface area contributed by atoms with Crippen LogP contribution in [-0.4, -0.2) is 28.2 Å². The summed E-state index contributed by atoms with van der Waals surface area (Å²) in [6, 6.07) is 5.83. The maximum atomic E-state index is 12.2. The summed E-state index contributed by atoms with van der Waals surface area (Å²) < 4.78 is 5.10. The molecule has 1 amide bonds. The number of hydrogen-bond acceptors (Lipinski definition) is 4. The summed E-state index contributed by atoms with van der Waals surface area (Å²) in [6.07, 6.45) is 0.603. The third-order valence-corrected chi connectivity index (χ3v) is 3.44. The predicted molar refractivity (Wildman–Crippen MR) is 80.0 cm³/mol. The number of aromatic carboxylic acids is 1. The Labute approximate surface area is 128 Å². The van der Waals surface area contributed by atoms with Gasteiger partial charge in [-0.05, 0) is 45.4 Å². The Morgan fingerprint density at radius 3 is 2.59 bits per heavy atom. The van der Waals surface area contributed by atoms with E-state index < -0.39 is 5.97 Å². The molecule has 6 heteroatoms. The number of hydrogen-bond donors (Lipinski definition) is 2. The molecule has 1 unspecified atom stereocenters. The zero-order valence-electron chi connectivity index (χ0n) is 12.7. The molecule has 0 saturated heterocycles. The van der Waals surface area contributed by atoms with Crippen molar-refractivity contribution in [2.24, 2.45) is 0 Å². The van der Waals surface area contributed by atoms with Crippen LogP contribution in [0.4, 0.5) is 0 Å². The maximum absolute atomic E-state index is 12.2. The highest BCUT2D eigenvalue weighted by molar-refractivity contribution is 5.97. The van der Waals surface area contributed by atoms with Crippen molar-refractivity contribution < 1.29 is 19.2 Å². The van der Waals surface area contributed by atoms with E-state index in [1.165, 1.54) is 12.1 Å². The van der Waals surface area contributed by atoms with Crippen LogP contribution >= 0.6 is 0 Å². The van der Waals surface area contributed by atoms with Crippen molar-refractivity contribution >= 4 is 11.9 Å². The monoisotopic (exact) mass is 302 g/mol. The van der Waals surface area contributed by atoms with Crippen LogP contribution in [0.15, 0.2) is 28.8 Å². The molecule has 0 saturated carbocycles. The van der Waals surface area contributed by atoms with E-state index in [-0.39, 0.29) is 17.5 Å². The van der Waals surface area contributed by atoms with E-state index in [0.717, 1.165) is 17.0 Å². The Kier molecular flexibility index (Phi) is 4.60. The van der Waals surface area contributed by atoms with Gasteiger partial charge in [0.05, 0.1) is 11.3 Å². The Hall–Kier alpha value is -2.63. The molecule has 0 radical (unpaired) electrons. The largest absolute Gasteiger partial charge is 0.478 e. The third kappa shape index (κ3) is 3.52. The lowest BCUT2D eigenvalue weighted by atomic mass is 10.0. The van der Waals surface area contributed by atoms with E-state index in [0.29, 0.717) is 12.0 Å². The first-order valence-corrected chi connectivity index (χ1v) is 6.94. The predicted octanol–water partition coefficient (Wildman–Crippen LogP) is 2.35. The molecule has 1 atom stereocenters. The first-order valence-electron chi connectivity index (χ1n) is 6.94. The quantitative estimate of drug-likeness (QED) is 0.884. The average Bonchev–Trinajstić information content (AvgIpc) is 2.79. The van der Waals surface area contributed by atoms with Crippen LogP contribution in [0.5, 0.6) is 0 Å². The van der Waals surface area contributed by atoms with Crippen molar-refractivity contribution in [1.29, 1.82) is 0 Å². The zero-order chi connectivity index (χ0) is 16.3. The second kappa shape index (κ2) is 6.43. The van der Waals surface area contributed by atoms with Crippen LogP contribution in [-0.2, 0) is 6.42 Å². The second-order valence-corrected chi connectivity index (χ2v) is 5.27. The van der Waals surface area contributed by atoms with Gasteiger partial charge in [0.15, 0.2) is 0 Å². The SMILES string of the molecule is Cc1noc(C)c1CC(C)NC(=O)c1cccc(C(=O)O)c1. The molecule has 2 aromatic rings. The number of carbonyl (C=O) groups excluding carboxylic acids is 1. The molecule has 2 N–H and O–H groups in total. The molecule has 116 valence electrons. The standard InChI is InChI=1S/C16H18N2O4/c1-9(7-14-10(2)18-22-11(14)3)17-15(19)12-5-4-6-13(8-12)16(20)21/h4-6,8-9H,7H2,1-3H3,(H,17,19)(H,20,21). The summed E-state index contributed by atoms with van der Waals surface area (Å²) in [5.74, 6) is -0.618. The number of nitrogens with zero attached hydrogens (tertiary/aromatic N) is 1. The molecule has 0 spiro atoms. The number of benzene rings is 1. The van der Waals surface area contributed by atoms with Crippen LogP contribution in [0.25, 0.3) is 0 Å². The van der Waals surface area contributed by atoms with E-state index in [2.05, 4.69) is 10.5 Å². The molecule has 1 aromatic heterocycles. The minimum atomic E-state index is -1.06. The van der Waals surface area contributed by atoms with E-state index in [9.17, 15) is 9.59 Å². The van der Waals surface area contributed by atoms with Gasteiger partial charge in [-0.15, -0.1) is 0 Å². The third-order valence-electron chi connectivity index (χ3n) is 3.44. The zero-order valence-corrected chi connectivity index (χ0v) is 12.7. The number of carbonyl (C=O) groups is 2. The van der Waals surface area contributed by atoms with Gasteiger partial charge >= 0.3 is 5.97 Å². The summed E-state index contributed by atoms with van der Waals surface area (Å²) in [6.45, 7) is 5.57. The Morgan fingerprint density at radius 1 is 1.32 bits per heavy atom. The van der Waals surface area contributed by atoms with Crippen molar-refractivity contribution in [2.75, 3.05) is 0 Å². The Morgan fingerprint density at radius 2 is 2.00 bits per heavy atom. The second-order valence-electron chi connectivity index (χ2n) is 5.27. The molecule has 1 aromatic carbocycles. The fraction of sp³-hybridized carbons (Fsp3) is 0.312. The number of carboxylic acid groups (broad SMARTS) is 1. The smallest absolute Gasteiger partial charge is 0.335 e. The van der Waals surface area contributed by atoms with Gasteiger partial charge in [0, 0.05) is 17.2 Å². The number of carboxylic acids is 1. The molecule has 0 bridgehead atoms. The number of rotatable bonds is 5. The van der Waals surface area contributed by atoms with Crippen LogP contribution < -0.4 is 5.32 Å². The molecule has 2 rings (SSSR count). The Bertz CT molecular complexity index is 686. The fourth-order valence-electron chi connectivity index (χ4n) is 2.25. The molecular weight excluding hydrogens is 284 g/mol. The number of aryl methyl sites for hydroxylation is 2. The summed E-state index contributed by atoms with van der Waals surface area (Å²) >= 11 is 0. The summed E-state index contributed by atoms with van der Waals surface area (Å²) in [7, 11) is 0. The van der Waals surface area contributed by atoms with Crippen molar-refractivity contribution in [3.8, 4) is 0 Å². The summed E-state index contributed by atoms with van der Waals surface area (Å²) in [4.78, 5) is 23.1. The fourth-order valence-corrected chi connectivity index (χ4v) is 2.25. The molecule has 0 aliphatic heterocycles. The van der Waals surface area contributed by atoms with Crippen molar-refractivity contribution in [3.63, 3.8) is 0 Å². The van der Waals surface area contributed by atoms with E-state index in [1.54, 1.807) is 12.1 Å². The van der Waals surface area contributed by atoms with Crippen molar-refractivity contribution in [3.05, 3.63) is 52.4 Å². The van der Waals surface area contributed by atoms with Gasteiger partial charge in [-0.25, -0.2) is 4.79 Å². The van der Waals surface area contributed by atoms with Crippen molar-refractivity contribution in [1.82, 2.24) is 10.5 Å². The lowest BCUT2D eigenvalue weighted by Crippen LogP contribution is -2.34. The van der Waals surface area contributed by atoms with Gasteiger partial charge in [-0.2, -0.15) is 0 Å². The van der Waals surface area contributed by atoms with Gasteiger partial charge in [-0.3, -0.25) is 4.79 Å². The maximum Gasteiger partial charge on any atom is 0.335 e. The highest BCUT2D eigenvalue weighted by Gasteiger charge is 2.16. The van der Waals surface area contributed by atoms with Crippen LogP contribution in [0.2, 0.25) is 0 Å². The van der Waals surface area contributed by atoms with Crippen molar-refractivity contribution in [2.45, 2.75) is 33.2 Å². The Balaban J connectivity index is 2.05. The minimum Gasteiger partial charge on any atom is -0.478 e. The van der Waals surface area contributed by atoms with E-state index >= 15 is 0 Å². The van der Waals surface area contributed by atoms with Gasteiger partial charge in [0.2, 0.25) is 0 Å². The van der Waals surface area contributed by atoms with E-state index in [4.69, 9.17) is 9.63 Å². The summed E-state index contributed by atoms with van der Waals surface area (Å²) in [5, 5.41) is 15.7. The highest BCUT2D eigenvalue weighted by atomic mass is 16.5. The van der Waals surface area contributed by atoms with Gasteiger partial charge in [-0.1, -0.05) is 11.2 Å². The molecule has 0 fully saturated rings. The molecule has 22 heavy (non-hydrogen) atoms. The highest BCUT2D eigenvalue weighted by Crippen LogP contribution is 2.14. The molecule has 0 aliphatic carbocycles. The number of aromatic nitrogens is 1. The van der Waals surface area contributed by atoms with Gasteiger partial charge in [0.1, 0.15) is 5.76 Å².